The molecule has 0 bridgehead atoms. The van der Waals surface area contributed by atoms with Crippen molar-refractivity contribution in [2.45, 2.75) is 77.6 Å². The van der Waals surface area contributed by atoms with Crippen LogP contribution in [0.5, 0.6) is 0 Å². The molecule has 0 saturated carbocycles. The second kappa shape index (κ2) is 9.85. The Balaban J connectivity index is -0.000000980. The highest BCUT2D eigenvalue weighted by Gasteiger charge is 2.44. The monoisotopic (exact) mass is 318 g/mol. The van der Waals surface area contributed by atoms with Crippen molar-refractivity contribution in [3.63, 3.8) is 0 Å². The Morgan fingerprint density at radius 3 is 1.18 bits per heavy atom. The average molecular weight is 319 g/mol. The molecule has 1 nitrogen and oxygen atoms in total. The predicted octanol–water partition coefficient (Wildman–Crippen LogP) is 4.93. The van der Waals surface area contributed by atoms with Gasteiger partial charge in [-0.1, -0.05) is 55.4 Å². The predicted molar refractivity (Wildman–Crippen MR) is 90.3 cm³/mol. The molecule has 0 saturated heterocycles. The highest BCUT2D eigenvalue weighted by atomic mass is 35.5. The van der Waals surface area contributed by atoms with E-state index in [2.05, 4.69) is 55.4 Å². The molecular formula is C12H32Cl2OSi2. The van der Waals surface area contributed by atoms with Crippen LogP contribution < -0.4 is 0 Å². The van der Waals surface area contributed by atoms with E-state index in [-0.39, 0.29) is 34.6 Å². The van der Waals surface area contributed by atoms with Crippen LogP contribution in [-0.4, -0.2) is 18.1 Å². The Bertz CT molecular complexity index is 164. The molecule has 108 valence electrons. The van der Waals surface area contributed by atoms with Gasteiger partial charge < -0.3 is 4.12 Å². The summed E-state index contributed by atoms with van der Waals surface area (Å²) in [6.45, 7) is 18.8. The second-order valence-electron chi connectivity index (χ2n) is 6.02. The van der Waals surface area contributed by atoms with Crippen LogP contribution in [0.1, 0.15) is 55.4 Å². The van der Waals surface area contributed by atoms with Gasteiger partial charge in [-0.2, -0.15) is 0 Å². The van der Waals surface area contributed by atoms with Gasteiger partial charge in [0.25, 0.3) is 0 Å². The summed E-state index contributed by atoms with van der Waals surface area (Å²) >= 11 is 0. The summed E-state index contributed by atoms with van der Waals surface area (Å²) in [6, 6.07) is 0. The summed E-state index contributed by atoms with van der Waals surface area (Å²) in [5, 5.41) is 0. The van der Waals surface area contributed by atoms with Crippen molar-refractivity contribution >= 4 is 42.9 Å². The zero-order valence-electron chi connectivity index (χ0n) is 12.7. The summed E-state index contributed by atoms with van der Waals surface area (Å²) in [6.07, 6.45) is 0. The Labute approximate surface area is 124 Å². The maximum Gasteiger partial charge on any atom is 0.187 e. The lowest BCUT2D eigenvalue weighted by atomic mass is 10.5. The summed E-state index contributed by atoms with van der Waals surface area (Å²) < 4.78 is 6.55. The standard InChI is InChI=1S/C12H30OSi2.2ClH/c1-9(2)14-13-15(10(3)4,11(5)6)12(7)8;;/h9-12H,14H2,1-8H3;2*1H. The van der Waals surface area contributed by atoms with Crippen LogP contribution in [0, 0.1) is 0 Å². The van der Waals surface area contributed by atoms with E-state index in [9.17, 15) is 0 Å². The molecule has 0 aliphatic rings. The number of halogens is 2. The largest absolute Gasteiger partial charge is 0.459 e. The SMILES string of the molecule is CC(C)[SiH2]O[Si](C(C)C)(C(C)C)C(C)C.Cl.Cl. The fraction of sp³-hybridized carbons (Fsp3) is 1.00. The van der Waals surface area contributed by atoms with E-state index in [1.807, 2.05) is 0 Å². The smallest absolute Gasteiger partial charge is 0.187 e. The van der Waals surface area contributed by atoms with Crippen LogP contribution in [0.3, 0.4) is 0 Å². The van der Waals surface area contributed by atoms with E-state index < -0.39 is 8.32 Å². The van der Waals surface area contributed by atoms with Gasteiger partial charge in [-0.3, -0.25) is 0 Å². The average Bonchev–Trinajstić information content (AvgIpc) is 2.02. The van der Waals surface area contributed by atoms with E-state index >= 15 is 0 Å². The molecule has 0 atom stereocenters. The van der Waals surface area contributed by atoms with Crippen LogP contribution in [0.25, 0.3) is 0 Å². The van der Waals surface area contributed by atoms with Crippen molar-refractivity contribution in [3.05, 3.63) is 0 Å². The van der Waals surface area contributed by atoms with Gasteiger partial charge in [0.15, 0.2) is 8.32 Å². The third-order valence-electron chi connectivity index (χ3n) is 3.37. The molecule has 0 N–H and O–H groups in total. The van der Waals surface area contributed by atoms with Gasteiger partial charge in [0.2, 0.25) is 0 Å². The highest BCUT2D eigenvalue weighted by molar-refractivity contribution is 6.81. The molecule has 0 aromatic heterocycles. The molecule has 0 aromatic rings. The number of hydrogen-bond acceptors (Lipinski definition) is 1. The highest BCUT2D eigenvalue weighted by Crippen LogP contribution is 2.42. The first-order valence-corrected chi connectivity index (χ1v) is 9.92. The summed E-state index contributed by atoms with van der Waals surface area (Å²) in [4.78, 5) is 0. The van der Waals surface area contributed by atoms with Gasteiger partial charge in [-0.15, -0.1) is 24.8 Å². The van der Waals surface area contributed by atoms with E-state index in [0.29, 0.717) is 0 Å². The molecule has 5 heteroatoms. The second-order valence-corrected chi connectivity index (χ2v) is 14.3. The lowest BCUT2D eigenvalue weighted by molar-refractivity contribution is 0.497. The van der Waals surface area contributed by atoms with Crippen molar-refractivity contribution in [2.24, 2.45) is 0 Å². The molecule has 0 amide bonds. The third-order valence-corrected chi connectivity index (χ3v) is 12.1. The lowest BCUT2D eigenvalue weighted by Crippen LogP contribution is -2.48. The summed E-state index contributed by atoms with van der Waals surface area (Å²) in [5.74, 6) is 0. The first-order valence-electron chi connectivity index (χ1n) is 6.39. The molecule has 0 fully saturated rings. The van der Waals surface area contributed by atoms with Gasteiger partial charge in [0.1, 0.15) is 9.76 Å². The van der Waals surface area contributed by atoms with Gasteiger partial charge >= 0.3 is 0 Å². The Morgan fingerprint density at radius 1 is 0.706 bits per heavy atom. The van der Waals surface area contributed by atoms with Crippen molar-refractivity contribution in [1.29, 1.82) is 0 Å². The van der Waals surface area contributed by atoms with Gasteiger partial charge in [-0.25, -0.2) is 0 Å². The van der Waals surface area contributed by atoms with E-state index in [4.69, 9.17) is 4.12 Å². The first kappa shape index (κ1) is 23.1. The summed E-state index contributed by atoms with van der Waals surface area (Å²) in [7, 11) is -1.85. The first-order chi connectivity index (χ1) is 6.75. The molecule has 0 spiro atoms. The minimum atomic E-state index is -1.53. The van der Waals surface area contributed by atoms with Crippen molar-refractivity contribution in [2.75, 3.05) is 0 Å². The molecule has 0 radical (unpaired) electrons. The van der Waals surface area contributed by atoms with Crippen LogP contribution >= 0.6 is 24.8 Å². The molecule has 0 unspecified atom stereocenters. The van der Waals surface area contributed by atoms with E-state index in [0.717, 1.165) is 22.2 Å². The van der Waals surface area contributed by atoms with E-state index in [1.54, 1.807) is 0 Å². The zero-order chi connectivity index (χ0) is 12.2. The van der Waals surface area contributed by atoms with Crippen molar-refractivity contribution in [3.8, 4) is 0 Å². The quantitative estimate of drug-likeness (QED) is 0.630. The molecular weight excluding hydrogens is 287 g/mol. The maximum atomic E-state index is 6.55. The van der Waals surface area contributed by atoms with Crippen LogP contribution in [-0.2, 0) is 4.12 Å². The van der Waals surface area contributed by atoms with Crippen LogP contribution in [0.2, 0.25) is 22.2 Å². The van der Waals surface area contributed by atoms with Gasteiger partial charge in [0.05, 0.1) is 0 Å². The molecule has 17 heavy (non-hydrogen) atoms. The molecule has 0 aliphatic heterocycles. The Morgan fingerprint density at radius 2 is 1.00 bits per heavy atom. The lowest BCUT2D eigenvalue weighted by Gasteiger charge is -2.43. The molecule has 0 aliphatic carbocycles. The third kappa shape index (κ3) is 6.10. The van der Waals surface area contributed by atoms with E-state index in [1.165, 1.54) is 0 Å². The molecule has 0 aromatic carbocycles. The fourth-order valence-electron chi connectivity index (χ4n) is 2.81. The maximum absolute atomic E-state index is 6.55. The van der Waals surface area contributed by atoms with Gasteiger partial charge in [0, 0.05) is 0 Å². The summed E-state index contributed by atoms with van der Waals surface area (Å²) in [5.41, 5.74) is 3.00. The topological polar surface area (TPSA) is 9.23 Å². The Hall–Kier alpha value is 0.974. The normalized spacial score (nSPS) is 12.7. The molecule has 0 rings (SSSR count). The molecule has 0 heterocycles. The Kier molecular flexibility index (Phi) is 13.4. The van der Waals surface area contributed by atoms with Crippen LogP contribution in [0.15, 0.2) is 0 Å². The zero-order valence-corrected chi connectivity index (χ0v) is 16.8. The minimum Gasteiger partial charge on any atom is -0.459 e. The van der Waals surface area contributed by atoms with Crippen LogP contribution in [0.4, 0.5) is 0 Å². The van der Waals surface area contributed by atoms with Crippen molar-refractivity contribution < 1.29 is 4.12 Å². The van der Waals surface area contributed by atoms with Gasteiger partial charge in [-0.05, 0) is 22.2 Å². The number of hydrogen-bond donors (Lipinski definition) is 0. The minimum absolute atomic E-state index is 0. The number of rotatable bonds is 6. The van der Waals surface area contributed by atoms with Crippen molar-refractivity contribution in [1.82, 2.24) is 0 Å². The fourth-order valence-corrected chi connectivity index (χ4v) is 13.3.